The molecule has 0 aromatic rings. The van der Waals surface area contributed by atoms with Gasteiger partial charge in [-0.3, -0.25) is 28.0 Å². The molecule has 2 rings (SSSR count). The average Bonchev–Trinajstić information content (AvgIpc) is 0.780. The number of rotatable bonds is 68. The summed E-state index contributed by atoms with van der Waals surface area (Å²) in [6.45, 7) is 21.0. The first-order chi connectivity index (χ1) is 48.8. The summed E-state index contributed by atoms with van der Waals surface area (Å²) in [6.07, 6.45) is 39.6. The van der Waals surface area contributed by atoms with Crippen molar-refractivity contribution in [2.45, 2.75) is 359 Å². The van der Waals surface area contributed by atoms with Crippen LogP contribution in [0.5, 0.6) is 0 Å². The molecule has 0 aromatic carbocycles. The monoisotopic (exact) mass is 1440 g/mol. The van der Waals surface area contributed by atoms with Gasteiger partial charge in [0.25, 0.3) is 0 Å². The first-order valence-electron chi connectivity index (χ1n) is 39.3. The standard InChI is InChI=1S/C79H141N2O18P/c1-11-19-23-27-30-33-34-35-36-37-38-40-42-46-50-54-69(83)80-72-76(90-61-55-66(88-10)53-49-44-26-22-14-4)74(99-100(86,94-58-17-7)95-59-18-8)67(63-87-9)96-78(72)93-64-68-73(98-79(85)92-57-16-6)75(89-60-51-47-43-32-29-25-21-13-3)71(77(97-68)91-56-15-5)81-70(84)62-65(82)52-48-45-41-39-31-28-24-20-12-2/h15-18,33-34,56,66-68,71-78H,6-8,11-14,19-32,35-55,57-64H2,1-5,9-10H3,(H,80,83)(H,81,84)/b34-33-,56-15-/t66-,67-,68-,71-,72-,73-,74-,75-,76-,77+,78-/m1/s1. The zero-order valence-electron chi connectivity index (χ0n) is 63.5. The van der Waals surface area contributed by atoms with E-state index in [1.807, 2.05) is 0 Å². The smallest absolute Gasteiger partial charge is 0.471 e. The zero-order chi connectivity index (χ0) is 73.0. The van der Waals surface area contributed by atoms with Gasteiger partial charge >= 0.3 is 14.0 Å². The first-order valence-corrected chi connectivity index (χ1v) is 40.7. The van der Waals surface area contributed by atoms with E-state index in [1.165, 1.54) is 102 Å². The lowest BCUT2D eigenvalue weighted by Crippen LogP contribution is -2.68. The van der Waals surface area contributed by atoms with Crippen LogP contribution in [0.4, 0.5) is 4.79 Å². The molecule has 2 saturated heterocycles. The fourth-order valence-corrected chi connectivity index (χ4v) is 13.8. The highest BCUT2D eigenvalue weighted by Gasteiger charge is 2.54. The second-order valence-electron chi connectivity index (χ2n) is 26.9. The van der Waals surface area contributed by atoms with Crippen LogP contribution in [0.25, 0.3) is 0 Å². The molecule has 2 aliphatic rings. The van der Waals surface area contributed by atoms with Crippen molar-refractivity contribution in [2.75, 3.05) is 60.5 Å². The molecule has 100 heavy (non-hydrogen) atoms. The van der Waals surface area contributed by atoms with E-state index in [4.69, 9.17) is 60.9 Å². The zero-order valence-corrected chi connectivity index (χ0v) is 64.4. The molecule has 2 aliphatic heterocycles. The lowest BCUT2D eigenvalue weighted by molar-refractivity contribution is -0.303. The van der Waals surface area contributed by atoms with E-state index >= 15 is 0 Å². The highest BCUT2D eigenvalue weighted by Crippen LogP contribution is 2.52. The average molecular weight is 1440 g/mol. The molecule has 2 N–H and O–H groups in total. The Hall–Kier alpha value is -3.79. The number of amides is 2. The number of ketones is 1. The molecule has 580 valence electrons. The number of ether oxygens (including phenoxy) is 10. The molecule has 0 saturated carbocycles. The Morgan fingerprint density at radius 2 is 0.970 bits per heavy atom. The Labute approximate surface area is 606 Å². The van der Waals surface area contributed by atoms with E-state index in [0.717, 1.165) is 141 Å². The lowest BCUT2D eigenvalue weighted by Gasteiger charge is -2.48. The summed E-state index contributed by atoms with van der Waals surface area (Å²) >= 11 is 0. The predicted molar refractivity (Wildman–Crippen MR) is 398 cm³/mol. The van der Waals surface area contributed by atoms with Crippen molar-refractivity contribution in [2.24, 2.45) is 0 Å². The van der Waals surface area contributed by atoms with Crippen LogP contribution in [-0.4, -0.2) is 152 Å². The van der Waals surface area contributed by atoms with Gasteiger partial charge in [-0.2, -0.15) is 0 Å². The molecule has 2 fully saturated rings. The van der Waals surface area contributed by atoms with Gasteiger partial charge in [-0.05, 0) is 64.7 Å². The molecule has 21 heteroatoms. The normalized spacial score (nSPS) is 21.3. The predicted octanol–water partition coefficient (Wildman–Crippen LogP) is 18.8. The van der Waals surface area contributed by atoms with Crippen LogP contribution < -0.4 is 10.6 Å². The van der Waals surface area contributed by atoms with E-state index < -0.39 is 94.2 Å². The van der Waals surface area contributed by atoms with Gasteiger partial charge in [0.15, 0.2) is 12.4 Å². The molecule has 0 radical (unpaired) electrons. The van der Waals surface area contributed by atoms with Crippen molar-refractivity contribution in [1.29, 1.82) is 0 Å². The van der Waals surface area contributed by atoms with Crippen molar-refractivity contribution >= 4 is 31.6 Å². The van der Waals surface area contributed by atoms with E-state index in [-0.39, 0.29) is 70.3 Å². The quantitative estimate of drug-likeness (QED) is 0.0144. The Kier molecular flexibility index (Phi) is 57.8. The van der Waals surface area contributed by atoms with Crippen molar-refractivity contribution in [1.82, 2.24) is 10.6 Å². The third kappa shape index (κ3) is 43.5. The summed E-state index contributed by atoms with van der Waals surface area (Å²) in [5, 5.41) is 6.22. The van der Waals surface area contributed by atoms with Gasteiger partial charge in [0.2, 0.25) is 18.1 Å². The maximum absolute atomic E-state index is 14.8. The van der Waals surface area contributed by atoms with Crippen LogP contribution >= 0.6 is 7.82 Å². The Morgan fingerprint density at radius 1 is 0.500 bits per heavy atom. The highest BCUT2D eigenvalue weighted by atomic mass is 31.2. The maximum Gasteiger partial charge on any atom is 0.509 e. The Bertz CT molecular complexity index is 2170. The summed E-state index contributed by atoms with van der Waals surface area (Å²) < 4.78 is 96.9. The number of Topliss-reactive ketones (excluding diaryl/α,β-unsaturated/α-hetero) is 1. The molecule has 0 aliphatic carbocycles. The third-order valence-electron chi connectivity index (χ3n) is 18.2. The summed E-state index contributed by atoms with van der Waals surface area (Å²) in [5.74, 6) is -1.10. The van der Waals surface area contributed by atoms with E-state index in [1.54, 1.807) is 20.1 Å². The first kappa shape index (κ1) is 92.3. The van der Waals surface area contributed by atoms with Gasteiger partial charge in [-0.1, -0.05) is 251 Å². The molecule has 11 atom stereocenters. The van der Waals surface area contributed by atoms with Gasteiger partial charge in [-0.25, -0.2) is 9.36 Å². The van der Waals surface area contributed by atoms with Crippen LogP contribution in [0.2, 0.25) is 0 Å². The van der Waals surface area contributed by atoms with Gasteiger partial charge in [0.1, 0.15) is 55.0 Å². The van der Waals surface area contributed by atoms with Crippen molar-refractivity contribution in [3.63, 3.8) is 0 Å². The number of phosphoric ester groups is 1. The van der Waals surface area contributed by atoms with Gasteiger partial charge < -0.3 is 58.0 Å². The van der Waals surface area contributed by atoms with Gasteiger partial charge in [0.05, 0.1) is 45.2 Å². The number of carbonyl (C=O) groups is 4. The van der Waals surface area contributed by atoms with Gasteiger partial charge in [0, 0.05) is 40.3 Å². The SMILES string of the molecule is C=CCOC(=O)O[C@H]1[C@H](OCCCCCCCCCC)[C@@H](NC(=O)CC(=O)CCCCCCCCCCC)[C@@H](O/C=C\C)O[C@@H]1CO[C@@H]1O[C@H](COC)[C@@H](OP(=O)(OCC=C)OCC=C)[C@H](OCC[C@@H](CCCCCCC)OC)[C@H]1NC(=O)CCCCCCCCC/C=C\CCCCCC. The number of carbonyl (C=O) groups excluding carboxylic acids is 4. The van der Waals surface area contributed by atoms with E-state index in [2.05, 4.69) is 70.2 Å². The molecular formula is C79H141N2O18P. The highest BCUT2D eigenvalue weighted by molar-refractivity contribution is 7.48. The molecule has 0 bridgehead atoms. The van der Waals surface area contributed by atoms with Crippen LogP contribution in [0.3, 0.4) is 0 Å². The second-order valence-corrected chi connectivity index (χ2v) is 28.5. The Balaban J connectivity index is 2.74. The molecule has 20 nitrogen and oxygen atoms in total. The van der Waals surface area contributed by atoms with Crippen molar-refractivity contribution < 1.29 is 84.7 Å². The third-order valence-corrected chi connectivity index (χ3v) is 19.6. The molecule has 0 aromatic heterocycles. The number of nitrogens with one attached hydrogen (secondary N) is 2. The summed E-state index contributed by atoms with van der Waals surface area (Å²) in [4.78, 5) is 56.2. The summed E-state index contributed by atoms with van der Waals surface area (Å²) in [5.41, 5.74) is 0. The molecule has 0 spiro atoms. The van der Waals surface area contributed by atoms with Crippen LogP contribution in [-0.2, 0) is 79.9 Å². The number of unbranched alkanes of at least 4 members (excludes halogenated alkanes) is 30. The minimum absolute atomic E-state index is 0.103. The van der Waals surface area contributed by atoms with E-state index in [0.29, 0.717) is 25.7 Å². The van der Waals surface area contributed by atoms with Crippen LogP contribution in [0.1, 0.15) is 291 Å². The largest absolute Gasteiger partial charge is 0.509 e. The Morgan fingerprint density at radius 3 is 1.52 bits per heavy atom. The van der Waals surface area contributed by atoms with Crippen molar-refractivity contribution in [3.05, 3.63) is 62.5 Å². The van der Waals surface area contributed by atoms with Crippen LogP contribution in [0, 0.1) is 0 Å². The summed E-state index contributed by atoms with van der Waals surface area (Å²) in [6, 6.07) is -2.33. The molecule has 0 unspecified atom stereocenters. The minimum Gasteiger partial charge on any atom is -0.471 e. The number of phosphoric acid groups is 1. The van der Waals surface area contributed by atoms with Crippen LogP contribution in [0.15, 0.2) is 62.5 Å². The summed E-state index contributed by atoms with van der Waals surface area (Å²) in [7, 11) is -1.33. The minimum atomic E-state index is -4.49. The number of allylic oxidation sites excluding steroid dienone is 3. The number of methoxy groups -OCH3 is 2. The number of hydrogen-bond donors (Lipinski definition) is 2. The fourth-order valence-electron chi connectivity index (χ4n) is 12.5. The second kappa shape index (κ2) is 62.6. The van der Waals surface area contributed by atoms with E-state index in [9.17, 15) is 23.7 Å². The molecule has 2 heterocycles. The topological polar surface area (TPSA) is 229 Å². The van der Waals surface area contributed by atoms with Gasteiger partial charge in [-0.15, -0.1) is 13.2 Å². The molecular weight excluding hydrogens is 1300 g/mol. The maximum atomic E-state index is 14.8. The van der Waals surface area contributed by atoms with Crippen molar-refractivity contribution in [3.8, 4) is 0 Å². The molecule has 2 amide bonds. The lowest BCUT2D eigenvalue weighted by atomic mass is 9.95. The fraction of sp³-hybridized carbons (Fsp3) is 0.823. The number of hydrogen-bond acceptors (Lipinski definition) is 18.